The minimum absolute atomic E-state index is 0.0304. The third-order valence-corrected chi connectivity index (χ3v) is 8.92. The minimum atomic E-state index is -0.811. The first-order chi connectivity index (χ1) is 10.9. The molecule has 23 heavy (non-hydrogen) atoms. The van der Waals surface area contributed by atoms with E-state index in [9.17, 15) is 15.0 Å². The number of carbonyl (C=O) groups excluding carboxylic acids is 1. The third kappa shape index (κ3) is 2.14. The highest BCUT2D eigenvalue weighted by Crippen LogP contribution is 2.67. The smallest absolute Gasteiger partial charge is 0.0543 e. The van der Waals surface area contributed by atoms with Gasteiger partial charge in [-0.1, -0.05) is 13.8 Å². The molecule has 4 aliphatic carbocycles. The highest BCUT2D eigenvalue weighted by molar-refractivity contribution is 5.69. The van der Waals surface area contributed by atoms with E-state index in [2.05, 4.69) is 13.8 Å². The standard InChI is InChI=1S/C20H32O3/c1-19-9-7-13(21)11-12(19)3-4-14-15-5-6-17(18(22)23)20(15,2)10-8-16(14)19/h12-17,21H,3-11H2,1-2H3,(H,22,23)/p-1/t12-,13+,14-,15+,16+,17+,19-,20-/m0/s1. The third-order valence-electron chi connectivity index (χ3n) is 8.92. The van der Waals surface area contributed by atoms with Crippen LogP contribution in [0.3, 0.4) is 0 Å². The molecule has 0 spiro atoms. The molecular weight excluding hydrogens is 288 g/mol. The molecule has 0 aromatic carbocycles. The first-order valence-electron chi connectivity index (χ1n) is 9.75. The number of fused-ring (bicyclic) bond motifs is 5. The van der Waals surface area contributed by atoms with E-state index >= 15 is 0 Å². The molecule has 4 saturated carbocycles. The van der Waals surface area contributed by atoms with E-state index in [0.29, 0.717) is 23.2 Å². The Kier molecular flexibility index (Phi) is 3.61. The van der Waals surface area contributed by atoms with Gasteiger partial charge in [0.2, 0.25) is 0 Å². The highest BCUT2D eigenvalue weighted by atomic mass is 16.4. The predicted octanol–water partition coefficient (Wildman–Crippen LogP) is 2.76. The highest BCUT2D eigenvalue weighted by Gasteiger charge is 2.60. The van der Waals surface area contributed by atoms with Crippen molar-refractivity contribution in [3.8, 4) is 0 Å². The molecule has 0 heterocycles. The zero-order chi connectivity index (χ0) is 16.4. The largest absolute Gasteiger partial charge is 0.550 e. The Labute approximate surface area is 139 Å². The summed E-state index contributed by atoms with van der Waals surface area (Å²) >= 11 is 0. The number of aliphatic carboxylic acids is 1. The van der Waals surface area contributed by atoms with Gasteiger partial charge in [0.25, 0.3) is 0 Å². The lowest BCUT2D eigenvalue weighted by molar-refractivity contribution is -0.315. The lowest BCUT2D eigenvalue weighted by Gasteiger charge is -2.61. The summed E-state index contributed by atoms with van der Waals surface area (Å²) in [5.74, 6) is 1.66. The molecule has 130 valence electrons. The number of carboxylic acid groups (broad SMARTS) is 1. The van der Waals surface area contributed by atoms with Crippen molar-refractivity contribution in [2.75, 3.05) is 0 Å². The molecule has 0 radical (unpaired) electrons. The van der Waals surface area contributed by atoms with Crippen molar-refractivity contribution in [1.82, 2.24) is 0 Å². The van der Waals surface area contributed by atoms with Crippen molar-refractivity contribution in [3.05, 3.63) is 0 Å². The van der Waals surface area contributed by atoms with E-state index in [1.54, 1.807) is 0 Å². The van der Waals surface area contributed by atoms with Crippen LogP contribution < -0.4 is 5.11 Å². The Bertz CT molecular complexity index is 503. The maximum atomic E-state index is 11.6. The average Bonchev–Trinajstić information content (AvgIpc) is 2.85. The maximum absolute atomic E-state index is 11.6. The van der Waals surface area contributed by atoms with Crippen molar-refractivity contribution in [2.24, 2.45) is 40.4 Å². The summed E-state index contributed by atoms with van der Waals surface area (Å²) in [6, 6.07) is 0. The molecule has 3 nitrogen and oxygen atoms in total. The molecule has 4 rings (SSSR count). The van der Waals surface area contributed by atoms with E-state index in [1.165, 1.54) is 19.3 Å². The Morgan fingerprint density at radius 2 is 1.65 bits per heavy atom. The van der Waals surface area contributed by atoms with Gasteiger partial charge in [0.15, 0.2) is 0 Å². The van der Waals surface area contributed by atoms with Gasteiger partial charge in [-0.25, -0.2) is 0 Å². The lowest BCUT2D eigenvalue weighted by atomic mass is 9.44. The summed E-state index contributed by atoms with van der Waals surface area (Å²) in [4.78, 5) is 11.6. The monoisotopic (exact) mass is 319 g/mol. The molecule has 0 amide bonds. The molecule has 0 aromatic heterocycles. The van der Waals surface area contributed by atoms with Gasteiger partial charge in [0, 0.05) is 11.9 Å². The van der Waals surface area contributed by atoms with Crippen LogP contribution in [-0.2, 0) is 4.79 Å². The number of carbonyl (C=O) groups is 1. The van der Waals surface area contributed by atoms with E-state index in [-0.39, 0.29) is 17.4 Å². The van der Waals surface area contributed by atoms with Gasteiger partial charge < -0.3 is 15.0 Å². The van der Waals surface area contributed by atoms with Gasteiger partial charge in [-0.05, 0) is 92.3 Å². The van der Waals surface area contributed by atoms with Crippen molar-refractivity contribution < 1.29 is 15.0 Å². The topological polar surface area (TPSA) is 60.4 Å². The summed E-state index contributed by atoms with van der Waals surface area (Å²) in [7, 11) is 0. The van der Waals surface area contributed by atoms with Crippen molar-refractivity contribution in [1.29, 1.82) is 0 Å². The quantitative estimate of drug-likeness (QED) is 0.808. The van der Waals surface area contributed by atoms with Gasteiger partial charge in [0.1, 0.15) is 0 Å². The van der Waals surface area contributed by atoms with Crippen molar-refractivity contribution >= 4 is 5.97 Å². The Balaban J connectivity index is 1.61. The van der Waals surface area contributed by atoms with Crippen LogP contribution in [0.1, 0.15) is 71.6 Å². The molecule has 0 aromatic rings. The van der Waals surface area contributed by atoms with Crippen LogP contribution in [-0.4, -0.2) is 17.2 Å². The molecule has 3 heteroatoms. The summed E-state index contributed by atoms with van der Waals surface area (Å²) in [6.07, 6.45) is 9.65. The van der Waals surface area contributed by atoms with E-state index in [1.807, 2.05) is 0 Å². The number of carboxylic acids is 1. The van der Waals surface area contributed by atoms with Gasteiger partial charge in [-0.3, -0.25) is 0 Å². The summed E-state index contributed by atoms with van der Waals surface area (Å²) < 4.78 is 0. The second kappa shape index (κ2) is 5.21. The molecule has 0 aliphatic heterocycles. The molecule has 0 unspecified atom stereocenters. The fraction of sp³-hybridized carbons (Fsp3) is 0.950. The fourth-order valence-electron chi connectivity index (χ4n) is 7.62. The first kappa shape index (κ1) is 15.9. The van der Waals surface area contributed by atoms with Gasteiger partial charge in [0.05, 0.1) is 6.10 Å². The fourth-order valence-corrected chi connectivity index (χ4v) is 7.62. The van der Waals surface area contributed by atoms with Crippen LogP contribution >= 0.6 is 0 Å². The summed E-state index contributed by atoms with van der Waals surface area (Å²) in [5.41, 5.74) is 0.348. The number of hydrogen-bond acceptors (Lipinski definition) is 3. The summed E-state index contributed by atoms with van der Waals surface area (Å²) in [5, 5.41) is 21.7. The lowest BCUT2D eigenvalue weighted by Crippen LogP contribution is -2.55. The maximum Gasteiger partial charge on any atom is 0.0543 e. The van der Waals surface area contributed by atoms with Gasteiger partial charge in [-0.15, -0.1) is 0 Å². The van der Waals surface area contributed by atoms with Crippen LogP contribution in [0.25, 0.3) is 0 Å². The number of rotatable bonds is 1. The first-order valence-corrected chi connectivity index (χ1v) is 9.75. The van der Waals surface area contributed by atoms with E-state index in [4.69, 9.17) is 0 Å². The van der Waals surface area contributed by atoms with Gasteiger partial charge >= 0.3 is 0 Å². The Morgan fingerprint density at radius 3 is 2.39 bits per heavy atom. The molecule has 1 N–H and O–H groups in total. The zero-order valence-corrected chi connectivity index (χ0v) is 14.6. The van der Waals surface area contributed by atoms with Crippen LogP contribution in [0.4, 0.5) is 0 Å². The van der Waals surface area contributed by atoms with Crippen LogP contribution in [0.2, 0.25) is 0 Å². The molecular formula is C20H31O3-. The predicted molar refractivity (Wildman–Crippen MR) is 86.2 cm³/mol. The summed E-state index contributed by atoms with van der Waals surface area (Å²) in [6.45, 7) is 4.72. The van der Waals surface area contributed by atoms with Crippen LogP contribution in [0, 0.1) is 40.4 Å². The van der Waals surface area contributed by atoms with Crippen LogP contribution in [0.15, 0.2) is 0 Å². The second-order valence-corrected chi connectivity index (χ2v) is 9.58. The van der Waals surface area contributed by atoms with E-state index < -0.39 is 5.97 Å². The molecule has 4 aliphatic rings. The Hall–Kier alpha value is -0.570. The van der Waals surface area contributed by atoms with Crippen molar-refractivity contribution in [3.63, 3.8) is 0 Å². The number of aliphatic hydroxyl groups is 1. The molecule has 8 atom stereocenters. The van der Waals surface area contributed by atoms with Crippen molar-refractivity contribution in [2.45, 2.75) is 77.7 Å². The average molecular weight is 319 g/mol. The molecule has 4 fully saturated rings. The second-order valence-electron chi connectivity index (χ2n) is 9.58. The zero-order valence-electron chi connectivity index (χ0n) is 14.6. The normalized spacial score (nSPS) is 55.6. The van der Waals surface area contributed by atoms with Gasteiger partial charge in [-0.2, -0.15) is 0 Å². The minimum Gasteiger partial charge on any atom is -0.550 e. The Morgan fingerprint density at radius 1 is 0.957 bits per heavy atom. The SMILES string of the molecule is C[C@]12CC[C@@H](O)C[C@@H]1CC[C@@H]1[C@H]2CC[C@]2(C)[C@@H](C(=O)[O-])CC[C@H]12. The van der Waals surface area contributed by atoms with E-state index in [0.717, 1.165) is 44.4 Å². The molecule has 0 saturated heterocycles. The number of hydrogen-bond donors (Lipinski definition) is 1. The van der Waals surface area contributed by atoms with Crippen LogP contribution in [0.5, 0.6) is 0 Å². The molecule has 0 bridgehead atoms. The number of aliphatic hydroxyl groups excluding tert-OH is 1.